The molecular formula is C16H21O5P. The summed E-state index contributed by atoms with van der Waals surface area (Å²) in [5.41, 5.74) is 0.955. The molecule has 0 saturated carbocycles. The van der Waals surface area contributed by atoms with Crippen LogP contribution in [-0.4, -0.2) is 19.2 Å². The van der Waals surface area contributed by atoms with Crippen LogP contribution in [-0.2, 0) is 23.1 Å². The molecule has 2 atom stereocenters. The summed E-state index contributed by atoms with van der Waals surface area (Å²) in [7, 11) is -3.60. The van der Waals surface area contributed by atoms with E-state index < -0.39 is 13.6 Å². The summed E-state index contributed by atoms with van der Waals surface area (Å²) < 4.78 is 28.6. The van der Waals surface area contributed by atoms with E-state index in [1.165, 1.54) is 0 Å². The van der Waals surface area contributed by atoms with Crippen molar-refractivity contribution in [1.29, 1.82) is 0 Å². The second-order valence-electron chi connectivity index (χ2n) is 4.98. The maximum absolute atomic E-state index is 12.8. The molecule has 0 fully saturated rings. The molecule has 0 radical (unpaired) electrons. The Balaban J connectivity index is 2.42. The van der Waals surface area contributed by atoms with Crippen LogP contribution in [0, 0.1) is 5.92 Å². The van der Waals surface area contributed by atoms with Gasteiger partial charge in [-0.3, -0.25) is 9.36 Å². The van der Waals surface area contributed by atoms with Gasteiger partial charge in [-0.2, -0.15) is 0 Å². The van der Waals surface area contributed by atoms with Gasteiger partial charge in [-0.05, 0) is 25.5 Å². The SMILES string of the molecule is CCOP(=O)(OCC)C1=C[C@H](c2ccccc2)[C@@H](C)C(=O)O1. The molecule has 2 rings (SSSR count). The Hall–Kier alpha value is -1.42. The first-order valence-corrected chi connectivity index (χ1v) is 8.94. The van der Waals surface area contributed by atoms with E-state index in [-0.39, 0.29) is 30.5 Å². The third kappa shape index (κ3) is 3.49. The summed E-state index contributed by atoms with van der Waals surface area (Å²) in [5.74, 6) is -1.000. The Kier molecular flexibility index (Phi) is 5.57. The Morgan fingerprint density at radius 1 is 1.14 bits per heavy atom. The van der Waals surface area contributed by atoms with E-state index in [0.29, 0.717) is 0 Å². The Morgan fingerprint density at radius 3 is 2.27 bits per heavy atom. The van der Waals surface area contributed by atoms with Crippen LogP contribution in [0.2, 0.25) is 0 Å². The number of rotatable bonds is 6. The second kappa shape index (κ2) is 7.23. The van der Waals surface area contributed by atoms with Gasteiger partial charge in [0.25, 0.3) is 0 Å². The summed E-state index contributed by atoms with van der Waals surface area (Å²) in [4.78, 5) is 12.1. The molecule has 1 heterocycles. The van der Waals surface area contributed by atoms with Crippen LogP contribution in [0.25, 0.3) is 0 Å². The maximum Gasteiger partial charge on any atom is 0.396 e. The smallest absolute Gasteiger partial charge is 0.396 e. The molecule has 0 spiro atoms. The first-order valence-electron chi connectivity index (χ1n) is 7.40. The number of carbonyl (C=O) groups is 1. The van der Waals surface area contributed by atoms with Gasteiger partial charge in [-0.1, -0.05) is 37.3 Å². The van der Waals surface area contributed by atoms with Crippen molar-refractivity contribution in [2.24, 2.45) is 5.92 Å². The van der Waals surface area contributed by atoms with Gasteiger partial charge in [0.15, 0.2) is 0 Å². The first-order chi connectivity index (χ1) is 10.5. The molecule has 5 nitrogen and oxygen atoms in total. The first kappa shape index (κ1) is 16.9. The standard InChI is InChI=1S/C16H21O5P/c1-4-19-22(18,20-5-2)15-11-14(12(3)16(17)21-15)13-9-7-6-8-10-13/h6-12,14H,4-5H2,1-3H3/t12-,14+/m1/s1. The predicted molar refractivity (Wildman–Crippen MR) is 83.4 cm³/mol. The molecule has 6 heteroatoms. The van der Waals surface area contributed by atoms with Crippen molar-refractivity contribution in [2.45, 2.75) is 26.7 Å². The van der Waals surface area contributed by atoms with Crippen LogP contribution in [0.1, 0.15) is 32.3 Å². The number of hydrogen-bond acceptors (Lipinski definition) is 5. The van der Waals surface area contributed by atoms with Crippen LogP contribution in [0.15, 0.2) is 41.9 Å². The highest BCUT2D eigenvalue weighted by Gasteiger charge is 2.40. The minimum absolute atomic E-state index is 0.00634. The molecule has 0 saturated heterocycles. The Bertz CT molecular complexity index is 586. The molecule has 0 amide bonds. The van der Waals surface area contributed by atoms with Gasteiger partial charge in [-0.25, -0.2) is 0 Å². The fourth-order valence-corrected chi connectivity index (χ4v) is 3.94. The lowest BCUT2D eigenvalue weighted by atomic mass is 9.86. The van der Waals surface area contributed by atoms with Crippen molar-refractivity contribution in [3.63, 3.8) is 0 Å². The van der Waals surface area contributed by atoms with Crippen LogP contribution in [0.5, 0.6) is 0 Å². The number of ether oxygens (including phenoxy) is 1. The molecule has 0 aromatic heterocycles. The van der Waals surface area contributed by atoms with Gasteiger partial charge < -0.3 is 13.8 Å². The number of carbonyl (C=O) groups excluding carboxylic acids is 1. The van der Waals surface area contributed by atoms with Crippen molar-refractivity contribution in [3.05, 3.63) is 47.5 Å². The average Bonchev–Trinajstić information content (AvgIpc) is 2.51. The molecule has 1 aromatic carbocycles. The van der Waals surface area contributed by atoms with E-state index in [9.17, 15) is 9.36 Å². The van der Waals surface area contributed by atoms with Crippen molar-refractivity contribution >= 4 is 13.6 Å². The van der Waals surface area contributed by atoms with E-state index in [1.807, 2.05) is 30.3 Å². The number of esters is 1. The normalized spacial score (nSPS) is 22.1. The zero-order chi connectivity index (χ0) is 16.2. The van der Waals surface area contributed by atoms with Gasteiger partial charge in [0.1, 0.15) is 0 Å². The van der Waals surface area contributed by atoms with E-state index >= 15 is 0 Å². The quantitative estimate of drug-likeness (QED) is 0.583. The molecule has 0 aliphatic carbocycles. The zero-order valence-corrected chi connectivity index (χ0v) is 13.9. The van der Waals surface area contributed by atoms with E-state index in [2.05, 4.69) is 0 Å². The molecule has 1 aromatic rings. The van der Waals surface area contributed by atoms with Gasteiger partial charge in [0, 0.05) is 5.92 Å². The van der Waals surface area contributed by atoms with E-state index in [4.69, 9.17) is 13.8 Å². The van der Waals surface area contributed by atoms with Gasteiger partial charge in [-0.15, -0.1) is 0 Å². The van der Waals surface area contributed by atoms with Crippen LogP contribution in [0.4, 0.5) is 0 Å². The highest BCUT2D eigenvalue weighted by molar-refractivity contribution is 7.58. The lowest BCUT2D eigenvalue weighted by molar-refractivity contribution is -0.144. The van der Waals surface area contributed by atoms with E-state index in [1.54, 1.807) is 26.8 Å². The highest BCUT2D eigenvalue weighted by atomic mass is 31.2. The molecule has 1 aliphatic rings. The molecule has 1 aliphatic heterocycles. The summed E-state index contributed by atoms with van der Waals surface area (Å²) in [6, 6.07) is 9.58. The summed E-state index contributed by atoms with van der Waals surface area (Å²) in [6.45, 7) is 5.64. The average molecular weight is 324 g/mol. The molecule has 0 N–H and O–H groups in total. The Morgan fingerprint density at radius 2 is 1.73 bits per heavy atom. The number of allylic oxidation sites excluding steroid dienone is 1. The van der Waals surface area contributed by atoms with Crippen molar-refractivity contribution in [1.82, 2.24) is 0 Å². The number of benzene rings is 1. The summed E-state index contributed by atoms with van der Waals surface area (Å²) >= 11 is 0. The minimum atomic E-state index is -3.60. The predicted octanol–water partition coefficient (Wildman–Crippen LogP) is 4.07. The summed E-state index contributed by atoms with van der Waals surface area (Å²) in [5, 5.41) is 0. The van der Waals surface area contributed by atoms with Crippen LogP contribution in [0.3, 0.4) is 0 Å². The third-order valence-electron chi connectivity index (χ3n) is 3.49. The number of cyclic esters (lactones) is 1. The van der Waals surface area contributed by atoms with Gasteiger partial charge >= 0.3 is 13.6 Å². The fourth-order valence-electron chi connectivity index (χ4n) is 2.39. The van der Waals surface area contributed by atoms with Gasteiger partial charge in [0.05, 0.1) is 19.1 Å². The molecule has 120 valence electrons. The maximum atomic E-state index is 12.8. The lowest BCUT2D eigenvalue weighted by Crippen LogP contribution is -2.26. The third-order valence-corrected chi connectivity index (χ3v) is 5.47. The van der Waals surface area contributed by atoms with Crippen molar-refractivity contribution in [3.8, 4) is 0 Å². The van der Waals surface area contributed by atoms with Crippen molar-refractivity contribution in [2.75, 3.05) is 13.2 Å². The largest absolute Gasteiger partial charge is 0.418 e. The molecular weight excluding hydrogens is 303 g/mol. The lowest BCUT2D eigenvalue weighted by Gasteiger charge is -2.29. The van der Waals surface area contributed by atoms with Crippen LogP contribution < -0.4 is 0 Å². The zero-order valence-electron chi connectivity index (χ0n) is 13.0. The van der Waals surface area contributed by atoms with E-state index in [0.717, 1.165) is 5.56 Å². The van der Waals surface area contributed by atoms with Crippen LogP contribution >= 0.6 is 7.60 Å². The number of hydrogen-bond donors (Lipinski definition) is 0. The molecule has 0 unspecified atom stereocenters. The van der Waals surface area contributed by atoms with Gasteiger partial charge in [0.2, 0.25) is 5.50 Å². The monoisotopic (exact) mass is 324 g/mol. The minimum Gasteiger partial charge on any atom is -0.418 e. The molecule has 0 bridgehead atoms. The fraction of sp³-hybridized carbons (Fsp3) is 0.438. The van der Waals surface area contributed by atoms with Crippen molar-refractivity contribution < 1.29 is 23.1 Å². The molecule has 22 heavy (non-hydrogen) atoms. The Labute approximate surface area is 130 Å². The second-order valence-corrected chi connectivity index (χ2v) is 6.94. The summed E-state index contributed by atoms with van der Waals surface area (Å²) in [6.07, 6.45) is 1.69. The highest BCUT2D eigenvalue weighted by Crippen LogP contribution is 2.58. The topological polar surface area (TPSA) is 61.8 Å².